The van der Waals surface area contributed by atoms with Gasteiger partial charge >= 0.3 is 6.18 Å². The Bertz CT molecular complexity index is 584. The first-order valence-corrected chi connectivity index (χ1v) is 5.70. The largest absolute Gasteiger partial charge is 0.475 e. The zero-order valence-corrected chi connectivity index (χ0v) is 10.2. The summed E-state index contributed by atoms with van der Waals surface area (Å²) >= 11 is 0. The molecule has 1 atom stereocenters. The van der Waals surface area contributed by atoms with Gasteiger partial charge in [0.1, 0.15) is 5.75 Å². The number of ether oxygens (including phenoxy) is 1. The summed E-state index contributed by atoms with van der Waals surface area (Å²) in [7, 11) is 0. The Morgan fingerprint density at radius 2 is 1.90 bits per heavy atom. The Labute approximate surface area is 113 Å². The summed E-state index contributed by atoms with van der Waals surface area (Å²) in [6.45, 7) is 0. The second-order valence-electron chi connectivity index (χ2n) is 3.98. The first-order chi connectivity index (χ1) is 9.52. The number of hydrogen-bond donors (Lipinski definition) is 0. The molecule has 0 aliphatic carbocycles. The van der Waals surface area contributed by atoms with Gasteiger partial charge in [-0.15, -0.1) is 0 Å². The number of aldehydes is 1. The number of nitrogens with zero attached hydrogens (tertiary/aromatic N) is 1. The second-order valence-corrected chi connectivity index (χ2v) is 3.98. The van der Waals surface area contributed by atoms with Crippen LogP contribution >= 0.6 is 0 Å². The van der Waals surface area contributed by atoms with Gasteiger partial charge in [0.05, 0.1) is 5.56 Å². The van der Waals surface area contributed by atoms with E-state index in [1.807, 2.05) is 0 Å². The fraction of sp³-hybridized carbons (Fsp3) is 0.143. The van der Waals surface area contributed by atoms with E-state index in [1.165, 1.54) is 36.5 Å². The molecule has 104 valence electrons. The van der Waals surface area contributed by atoms with Crippen LogP contribution in [0.1, 0.15) is 22.0 Å². The Hall–Kier alpha value is -2.37. The highest BCUT2D eigenvalue weighted by atomic mass is 19.4. The van der Waals surface area contributed by atoms with Crippen molar-refractivity contribution in [2.45, 2.75) is 12.3 Å². The normalized spacial score (nSPS) is 12.8. The summed E-state index contributed by atoms with van der Waals surface area (Å²) in [5, 5.41) is 0. The minimum Gasteiger partial charge on any atom is -0.475 e. The van der Waals surface area contributed by atoms with Gasteiger partial charge in [-0.3, -0.25) is 9.78 Å². The molecule has 0 saturated carbocycles. The lowest BCUT2D eigenvalue weighted by molar-refractivity contribution is -0.198. The zero-order valence-electron chi connectivity index (χ0n) is 10.2. The van der Waals surface area contributed by atoms with E-state index in [2.05, 4.69) is 4.98 Å². The van der Waals surface area contributed by atoms with Crippen LogP contribution in [0.5, 0.6) is 5.75 Å². The number of halogens is 3. The van der Waals surface area contributed by atoms with Gasteiger partial charge in [-0.2, -0.15) is 13.2 Å². The van der Waals surface area contributed by atoms with Crippen LogP contribution in [0.25, 0.3) is 0 Å². The number of aromatic nitrogens is 1. The number of benzene rings is 1. The van der Waals surface area contributed by atoms with Gasteiger partial charge in [0.15, 0.2) is 6.29 Å². The van der Waals surface area contributed by atoms with Crippen LogP contribution < -0.4 is 4.74 Å². The molecule has 0 aliphatic heterocycles. The van der Waals surface area contributed by atoms with Gasteiger partial charge in [0.25, 0.3) is 0 Å². The predicted molar refractivity (Wildman–Crippen MR) is 65.5 cm³/mol. The monoisotopic (exact) mass is 281 g/mol. The molecule has 3 nitrogen and oxygen atoms in total. The molecule has 0 fully saturated rings. The molecule has 0 N–H and O–H groups in total. The van der Waals surface area contributed by atoms with Crippen molar-refractivity contribution in [1.82, 2.24) is 4.98 Å². The van der Waals surface area contributed by atoms with Crippen molar-refractivity contribution < 1.29 is 22.7 Å². The van der Waals surface area contributed by atoms with Crippen molar-refractivity contribution in [2.24, 2.45) is 0 Å². The molecular weight excluding hydrogens is 271 g/mol. The van der Waals surface area contributed by atoms with E-state index in [4.69, 9.17) is 4.74 Å². The Kier molecular flexibility index (Phi) is 4.02. The van der Waals surface area contributed by atoms with Crippen molar-refractivity contribution in [3.05, 3.63) is 59.9 Å². The van der Waals surface area contributed by atoms with Crippen molar-refractivity contribution in [2.75, 3.05) is 0 Å². The Balaban J connectivity index is 2.37. The SMILES string of the molecule is O=Cc1ccccc1OC(c1cccnc1)C(F)(F)F. The maximum atomic E-state index is 13.1. The van der Waals surface area contributed by atoms with E-state index >= 15 is 0 Å². The van der Waals surface area contributed by atoms with Gasteiger partial charge in [-0.05, 0) is 18.2 Å². The summed E-state index contributed by atoms with van der Waals surface area (Å²) in [6, 6.07) is 8.41. The summed E-state index contributed by atoms with van der Waals surface area (Å²) in [5.41, 5.74) is -0.0636. The number of carbonyl (C=O) groups excluding carboxylic acids is 1. The van der Waals surface area contributed by atoms with Crippen molar-refractivity contribution in [1.29, 1.82) is 0 Å². The minimum absolute atomic E-state index is 0.0608. The third kappa shape index (κ3) is 3.14. The summed E-state index contributed by atoms with van der Waals surface area (Å²) in [5.74, 6) is -0.117. The third-order valence-corrected chi connectivity index (χ3v) is 2.58. The standard InChI is InChI=1S/C14H10F3NO2/c15-14(16,17)13(10-5-3-7-18-8-10)20-12-6-2-1-4-11(12)9-19/h1-9,13H. The van der Waals surface area contributed by atoms with Crippen LogP contribution in [0.3, 0.4) is 0 Å². The van der Waals surface area contributed by atoms with Crippen LogP contribution in [-0.2, 0) is 0 Å². The van der Waals surface area contributed by atoms with E-state index < -0.39 is 12.3 Å². The predicted octanol–water partition coefficient (Wildman–Crippen LogP) is 3.58. The number of hydrogen-bond acceptors (Lipinski definition) is 3. The molecule has 0 aliphatic rings. The summed E-state index contributed by atoms with van der Waals surface area (Å²) in [6.07, 6.45) is -3.87. The van der Waals surface area contributed by atoms with Crippen LogP contribution in [-0.4, -0.2) is 17.4 Å². The van der Waals surface area contributed by atoms with Crippen LogP contribution in [0, 0.1) is 0 Å². The van der Waals surface area contributed by atoms with Crippen LogP contribution in [0.2, 0.25) is 0 Å². The van der Waals surface area contributed by atoms with Gasteiger partial charge in [-0.1, -0.05) is 18.2 Å². The second kappa shape index (κ2) is 5.73. The molecule has 6 heteroatoms. The Morgan fingerprint density at radius 1 is 1.15 bits per heavy atom. The lowest BCUT2D eigenvalue weighted by Gasteiger charge is -2.22. The van der Waals surface area contributed by atoms with Crippen molar-refractivity contribution >= 4 is 6.29 Å². The van der Waals surface area contributed by atoms with Gasteiger partial charge in [0.2, 0.25) is 6.10 Å². The van der Waals surface area contributed by atoms with E-state index in [0.717, 1.165) is 6.20 Å². The quantitative estimate of drug-likeness (QED) is 0.804. The van der Waals surface area contributed by atoms with E-state index in [0.29, 0.717) is 6.29 Å². The molecular formula is C14H10F3NO2. The molecule has 1 heterocycles. The molecule has 2 rings (SSSR count). The maximum Gasteiger partial charge on any atom is 0.429 e. The topological polar surface area (TPSA) is 39.2 Å². The lowest BCUT2D eigenvalue weighted by atomic mass is 10.1. The number of rotatable bonds is 4. The van der Waals surface area contributed by atoms with Gasteiger partial charge in [0, 0.05) is 18.0 Å². The maximum absolute atomic E-state index is 13.1. The fourth-order valence-electron chi connectivity index (χ4n) is 1.67. The van der Waals surface area contributed by atoms with Crippen LogP contribution in [0.15, 0.2) is 48.8 Å². The van der Waals surface area contributed by atoms with Crippen LogP contribution in [0.4, 0.5) is 13.2 Å². The molecule has 2 aromatic rings. The third-order valence-electron chi connectivity index (χ3n) is 2.58. The molecule has 0 bridgehead atoms. The van der Waals surface area contributed by atoms with Gasteiger partial charge < -0.3 is 4.74 Å². The molecule has 1 aromatic heterocycles. The van der Waals surface area contributed by atoms with Gasteiger partial charge in [-0.25, -0.2) is 0 Å². The average molecular weight is 281 g/mol. The molecule has 0 amide bonds. The number of para-hydroxylation sites is 1. The number of carbonyl (C=O) groups is 1. The summed E-state index contributed by atoms with van der Waals surface area (Å²) < 4.78 is 44.2. The summed E-state index contributed by atoms with van der Waals surface area (Å²) in [4.78, 5) is 14.5. The van der Waals surface area contributed by atoms with E-state index in [-0.39, 0.29) is 16.9 Å². The fourth-order valence-corrected chi connectivity index (χ4v) is 1.67. The minimum atomic E-state index is -4.61. The number of pyridine rings is 1. The molecule has 0 saturated heterocycles. The molecule has 0 radical (unpaired) electrons. The lowest BCUT2D eigenvalue weighted by Crippen LogP contribution is -2.26. The van der Waals surface area contributed by atoms with E-state index in [1.54, 1.807) is 6.07 Å². The molecule has 20 heavy (non-hydrogen) atoms. The molecule has 1 aromatic carbocycles. The highest BCUT2D eigenvalue weighted by molar-refractivity contribution is 5.79. The number of alkyl halides is 3. The Morgan fingerprint density at radius 3 is 2.50 bits per heavy atom. The first kappa shape index (κ1) is 14.0. The highest BCUT2D eigenvalue weighted by Gasteiger charge is 2.43. The van der Waals surface area contributed by atoms with Crippen molar-refractivity contribution in [3.63, 3.8) is 0 Å². The smallest absolute Gasteiger partial charge is 0.429 e. The first-order valence-electron chi connectivity index (χ1n) is 5.70. The zero-order chi connectivity index (χ0) is 14.6. The van der Waals surface area contributed by atoms with Crippen molar-refractivity contribution in [3.8, 4) is 5.75 Å². The molecule has 0 spiro atoms. The highest BCUT2D eigenvalue weighted by Crippen LogP contribution is 2.37. The average Bonchev–Trinajstić information content (AvgIpc) is 2.45. The molecule has 1 unspecified atom stereocenters. The van der Waals surface area contributed by atoms with E-state index in [9.17, 15) is 18.0 Å².